The summed E-state index contributed by atoms with van der Waals surface area (Å²) in [7, 11) is -7.55. The Balaban J connectivity index is 1.53. The van der Waals surface area contributed by atoms with Gasteiger partial charge in [0.25, 0.3) is 0 Å². The number of carbonyl (C=O) groups excluding carboxylic acids is 1. The smallest absolute Gasteiger partial charge is 0.243 e. The molecule has 1 saturated carbocycles. The molecule has 0 radical (unpaired) electrons. The molecule has 11 heteroatoms. The van der Waals surface area contributed by atoms with Gasteiger partial charge in [0.05, 0.1) is 23.0 Å². The van der Waals surface area contributed by atoms with Crippen molar-refractivity contribution in [2.24, 2.45) is 0 Å². The van der Waals surface area contributed by atoms with Crippen LogP contribution in [0.1, 0.15) is 25.7 Å². The van der Waals surface area contributed by atoms with Crippen molar-refractivity contribution >= 4 is 26.0 Å². The van der Waals surface area contributed by atoms with E-state index in [0.29, 0.717) is 39.1 Å². The normalized spacial score (nSPS) is 24.0. The highest BCUT2D eigenvalue weighted by Crippen LogP contribution is 2.28. The SMILES string of the molecule is O=C(C1CCCN1S(=O)(=O)c1ccc(S(=O)(=O)NC2CC2)cc1)N1CCOCC1. The summed E-state index contributed by atoms with van der Waals surface area (Å²) in [5.41, 5.74) is 0. The predicted octanol–water partition coefficient (Wildman–Crippen LogP) is 0.139. The molecular weight excluding hydrogens is 418 g/mol. The summed E-state index contributed by atoms with van der Waals surface area (Å²) in [5, 5.41) is 0. The fraction of sp³-hybridized carbons (Fsp3) is 0.611. The van der Waals surface area contributed by atoms with Crippen molar-refractivity contribution in [1.29, 1.82) is 0 Å². The quantitative estimate of drug-likeness (QED) is 0.669. The van der Waals surface area contributed by atoms with Gasteiger partial charge in [0, 0.05) is 25.7 Å². The molecule has 0 aromatic heterocycles. The molecule has 3 fully saturated rings. The Hall–Kier alpha value is -1.53. The molecule has 29 heavy (non-hydrogen) atoms. The second-order valence-electron chi connectivity index (χ2n) is 7.58. The molecule has 4 rings (SSSR count). The average Bonchev–Trinajstić information content (AvgIpc) is 3.37. The summed E-state index contributed by atoms with van der Waals surface area (Å²) < 4.78 is 59.9. The molecule has 1 amide bonds. The van der Waals surface area contributed by atoms with E-state index >= 15 is 0 Å². The van der Waals surface area contributed by atoms with E-state index in [1.165, 1.54) is 28.6 Å². The van der Waals surface area contributed by atoms with Crippen molar-refractivity contribution < 1.29 is 26.4 Å². The molecule has 9 nitrogen and oxygen atoms in total. The Kier molecular flexibility index (Phi) is 5.68. The molecule has 1 aliphatic carbocycles. The fourth-order valence-corrected chi connectivity index (χ4v) is 6.64. The van der Waals surface area contributed by atoms with Gasteiger partial charge in [-0.05, 0) is 49.9 Å². The first-order chi connectivity index (χ1) is 13.8. The molecule has 2 aliphatic heterocycles. The fourth-order valence-electron chi connectivity index (χ4n) is 3.68. The number of rotatable bonds is 6. The van der Waals surface area contributed by atoms with Gasteiger partial charge in [-0.15, -0.1) is 0 Å². The molecule has 3 aliphatic rings. The van der Waals surface area contributed by atoms with Crippen molar-refractivity contribution in [2.75, 3.05) is 32.8 Å². The van der Waals surface area contributed by atoms with Crippen molar-refractivity contribution in [3.63, 3.8) is 0 Å². The number of hydrogen-bond donors (Lipinski definition) is 1. The van der Waals surface area contributed by atoms with Gasteiger partial charge in [0.2, 0.25) is 26.0 Å². The lowest BCUT2D eigenvalue weighted by Gasteiger charge is -2.32. The van der Waals surface area contributed by atoms with Crippen molar-refractivity contribution in [1.82, 2.24) is 13.9 Å². The first-order valence-corrected chi connectivity index (χ1v) is 12.7. The van der Waals surface area contributed by atoms with Gasteiger partial charge < -0.3 is 9.64 Å². The Bertz CT molecular complexity index is 967. The van der Waals surface area contributed by atoms with Crippen LogP contribution in [0.2, 0.25) is 0 Å². The van der Waals surface area contributed by atoms with E-state index in [-0.39, 0.29) is 28.3 Å². The second-order valence-corrected chi connectivity index (χ2v) is 11.2. The van der Waals surface area contributed by atoms with Crippen LogP contribution in [0.4, 0.5) is 0 Å². The van der Waals surface area contributed by atoms with Gasteiger partial charge in [-0.1, -0.05) is 0 Å². The Morgan fingerprint density at radius 2 is 1.55 bits per heavy atom. The molecule has 160 valence electrons. The maximum atomic E-state index is 13.1. The first kappa shape index (κ1) is 20.7. The standard InChI is InChI=1S/C18H25N3O6S2/c22-18(20-10-12-27-13-11-20)17-2-1-9-21(17)29(25,26)16-7-5-15(6-8-16)28(23,24)19-14-3-4-14/h5-8,14,17,19H,1-4,9-13H2. The third-order valence-electron chi connectivity index (χ3n) is 5.45. The zero-order chi connectivity index (χ0) is 20.6. The molecule has 1 N–H and O–H groups in total. The van der Waals surface area contributed by atoms with E-state index in [1.54, 1.807) is 4.90 Å². The van der Waals surface area contributed by atoms with Crippen LogP contribution in [0.25, 0.3) is 0 Å². The molecule has 2 heterocycles. The lowest BCUT2D eigenvalue weighted by molar-refractivity contribution is -0.138. The number of nitrogens with zero attached hydrogens (tertiary/aromatic N) is 2. The molecule has 1 aromatic rings. The van der Waals surface area contributed by atoms with Gasteiger partial charge >= 0.3 is 0 Å². The number of benzene rings is 1. The van der Waals surface area contributed by atoms with Crippen LogP contribution in [0.5, 0.6) is 0 Å². The number of carbonyl (C=O) groups is 1. The highest BCUT2D eigenvalue weighted by Gasteiger charge is 2.41. The van der Waals surface area contributed by atoms with Crippen molar-refractivity contribution in [2.45, 2.75) is 47.6 Å². The third kappa shape index (κ3) is 4.33. The minimum absolute atomic E-state index is 0.00968. The van der Waals surface area contributed by atoms with Crippen LogP contribution in [-0.4, -0.2) is 76.9 Å². The summed E-state index contributed by atoms with van der Waals surface area (Å²) in [5.74, 6) is -0.192. The largest absolute Gasteiger partial charge is 0.378 e. The molecule has 1 atom stereocenters. The summed E-state index contributed by atoms with van der Waals surface area (Å²) in [6.07, 6.45) is 2.73. The van der Waals surface area contributed by atoms with Crippen molar-refractivity contribution in [3.05, 3.63) is 24.3 Å². The zero-order valence-electron chi connectivity index (χ0n) is 16.0. The number of nitrogens with one attached hydrogen (secondary N) is 1. The predicted molar refractivity (Wildman–Crippen MR) is 104 cm³/mol. The average molecular weight is 444 g/mol. The number of hydrogen-bond acceptors (Lipinski definition) is 6. The summed E-state index contributed by atoms with van der Waals surface area (Å²) >= 11 is 0. The Morgan fingerprint density at radius 3 is 2.17 bits per heavy atom. The van der Waals surface area contributed by atoms with Crippen LogP contribution in [0.3, 0.4) is 0 Å². The number of amides is 1. The van der Waals surface area contributed by atoms with E-state index < -0.39 is 26.1 Å². The maximum absolute atomic E-state index is 13.1. The van der Waals surface area contributed by atoms with Gasteiger partial charge in [0.1, 0.15) is 6.04 Å². The molecule has 1 aromatic carbocycles. The van der Waals surface area contributed by atoms with Crippen molar-refractivity contribution in [3.8, 4) is 0 Å². The molecular formula is C18H25N3O6S2. The molecule has 0 spiro atoms. The second kappa shape index (κ2) is 7.95. The van der Waals surface area contributed by atoms with Crippen LogP contribution < -0.4 is 4.72 Å². The number of ether oxygens (including phenoxy) is 1. The van der Waals surface area contributed by atoms with Gasteiger partial charge in [-0.3, -0.25) is 4.79 Å². The van der Waals surface area contributed by atoms with E-state index in [2.05, 4.69) is 4.72 Å². The molecule has 2 saturated heterocycles. The highest BCUT2D eigenvalue weighted by atomic mass is 32.2. The monoisotopic (exact) mass is 443 g/mol. The number of sulfonamides is 2. The number of morpholine rings is 1. The highest BCUT2D eigenvalue weighted by molar-refractivity contribution is 7.89. The minimum Gasteiger partial charge on any atom is -0.378 e. The lowest BCUT2D eigenvalue weighted by Crippen LogP contribution is -2.50. The van der Waals surface area contributed by atoms with E-state index in [4.69, 9.17) is 4.74 Å². The minimum atomic E-state index is -3.91. The van der Waals surface area contributed by atoms with Crippen LogP contribution in [-0.2, 0) is 29.6 Å². The molecule has 1 unspecified atom stereocenters. The van der Waals surface area contributed by atoms with Crippen LogP contribution >= 0.6 is 0 Å². The van der Waals surface area contributed by atoms with E-state index in [1.807, 2.05) is 0 Å². The lowest BCUT2D eigenvalue weighted by atomic mass is 10.2. The first-order valence-electron chi connectivity index (χ1n) is 9.80. The summed E-state index contributed by atoms with van der Waals surface area (Å²) in [4.78, 5) is 14.5. The van der Waals surface area contributed by atoms with Crippen LogP contribution in [0, 0.1) is 0 Å². The van der Waals surface area contributed by atoms with Gasteiger partial charge in [-0.25, -0.2) is 21.6 Å². The van der Waals surface area contributed by atoms with E-state index in [9.17, 15) is 21.6 Å². The topological polar surface area (TPSA) is 113 Å². The maximum Gasteiger partial charge on any atom is 0.243 e. The zero-order valence-corrected chi connectivity index (χ0v) is 17.6. The Labute approximate surface area is 171 Å². The summed E-state index contributed by atoms with van der Waals surface area (Å²) in [6.45, 7) is 2.10. The Morgan fingerprint density at radius 1 is 0.931 bits per heavy atom. The van der Waals surface area contributed by atoms with E-state index in [0.717, 1.165) is 12.8 Å². The molecule has 0 bridgehead atoms. The summed E-state index contributed by atoms with van der Waals surface area (Å²) in [6, 6.07) is 4.44. The van der Waals surface area contributed by atoms with Gasteiger partial charge in [-0.2, -0.15) is 4.31 Å². The van der Waals surface area contributed by atoms with Crippen LogP contribution in [0.15, 0.2) is 34.1 Å². The van der Waals surface area contributed by atoms with Gasteiger partial charge in [0.15, 0.2) is 0 Å². The third-order valence-corrected chi connectivity index (χ3v) is 8.91.